The number of aliphatic hydroxyl groups excluding tert-OH is 1. The molecule has 6 heteroatoms. The summed E-state index contributed by atoms with van der Waals surface area (Å²) < 4.78 is 28.5. The number of rotatable bonds is 8. The molecule has 0 aliphatic heterocycles. The van der Waals surface area contributed by atoms with Crippen molar-refractivity contribution in [1.82, 2.24) is 4.72 Å². The van der Waals surface area contributed by atoms with E-state index >= 15 is 0 Å². The van der Waals surface area contributed by atoms with E-state index in [1.165, 1.54) is 11.3 Å². The lowest BCUT2D eigenvalue weighted by molar-refractivity contribution is 0.283. The first-order valence-corrected chi connectivity index (χ1v) is 9.51. The molecule has 116 valence electrons. The van der Waals surface area contributed by atoms with Crippen molar-refractivity contribution in [2.75, 3.05) is 6.54 Å². The normalized spacial score (nSPS) is 12.1. The summed E-state index contributed by atoms with van der Waals surface area (Å²) in [4.78, 5) is 0.735. The van der Waals surface area contributed by atoms with Gasteiger partial charge in [0.15, 0.2) is 0 Å². The van der Waals surface area contributed by atoms with E-state index in [-0.39, 0.29) is 11.5 Å². The molecule has 0 spiro atoms. The molecule has 2 aromatic rings. The molecule has 4 nitrogen and oxygen atoms in total. The van der Waals surface area contributed by atoms with Crippen molar-refractivity contribution in [3.8, 4) is 0 Å². The van der Waals surface area contributed by atoms with Crippen LogP contribution >= 0.6 is 11.3 Å². The van der Waals surface area contributed by atoms with Gasteiger partial charge in [-0.2, -0.15) is 0 Å². The molecule has 0 saturated carbocycles. The highest BCUT2D eigenvalue weighted by molar-refractivity contribution is 7.90. The molecule has 1 aromatic heterocycles. The fraction of sp³-hybridized carbons (Fsp3) is 0.467. The van der Waals surface area contributed by atoms with Crippen LogP contribution < -0.4 is 4.72 Å². The quantitative estimate of drug-likeness (QED) is 0.731. The predicted molar refractivity (Wildman–Crippen MR) is 87.1 cm³/mol. The summed E-state index contributed by atoms with van der Waals surface area (Å²) >= 11 is 1.33. The van der Waals surface area contributed by atoms with Crippen molar-refractivity contribution in [2.45, 2.75) is 44.1 Å². The summed E-state index contributed by atoms with van der Waals surface area (Å²) in [7, 11) is -3.57. The molecule has 0 fully saturated rings. The van der Waals surface area contributed by atoms with Gasteiger partial charge in [-0.05, 0) is 12.5 Å². The Morgan fingerprint density at radius 3 is 2.67 bits per heavy atom. The van der Waals surface area contributed by atoms with Gasteiger partial charge in [0.05, 0.1) is 11.5 Å². The van der Waals surface area contributed by atoms with Gasteiger partial charge in [-0.3, -0.25) is 0 Å². The minimum Gasteiger partial charge on any atom is -0.391 e. The van der Waals surface area contributed by atoms with Gasteiger partial charge in [0.1, 0.15) is 4.90 Å². The number of benzene rings is 1. The zero-order valence-corrected chi connectivity index (χ0v) is 13.8. The molecule has 0 radical (unpaired) electrons. The lowest BCUT2D eigenvalue weighted by atomic mass is 10.2. The van der Waals surface area contributed by atoms with Gasteiger partial charge in [-0.15, -0.1) is 11.3 Å². The molecule has 1 heterocycles. The summed E-state index contributed by atoms with van der Waals surface area (Å²) in [6, 6.07) is 7.35. The van der Waals surface area contributed by atoms with Crippen LogP contribution in [-0.2, 0) is 16.6 Å². The molecule has 0 atom stereocenters. The van der Waals surface area contributed by atoms with Crippen LogP contribution in [0.25, 0.3) is 10.1 Å². The number of fused-ring (bicyclic) bond motifs is 1. The second-order valence-corrected chi connectivity index (χ2v) is 7.81. The molecular formula is C15H21NO3S2. The number of thiophene rings is 1. The van der Waals surface area contributed by atoms with E-state index in [0.29, 0.717) is 16.8 Å². The van der Waals surface area contributed by atoms with Crippen molar-refractivity contribution in [1.29, 1.82) is 0 Å². The third-order valence-electron chi connectivity index (χ3n) is 3.35. The van der Waals surface area contributed by atoms with Gasteiger partial charge >= 0.3 is 0 Å². The van der Waals surface area contributed by atoms with Gasteiger partial charge in [0.25, 0.3) is 0 Å². The van der Waals surface area contributed by atoms with Crippen molar-refractivity contribution in [3.05, 3.63) is 29.1 Å². The van der Waals surface area contributed by atoms with Crippen LogP contribution in [0.5, 0.6) is 0 Å². The van der Waals surface area contributed by atoms with E-state index in [4.69, 9.17) is 0 Å². The zero-order chi connectivity index (χ0) is 15.3. The number of unbranched alkanes of at least 4 members (excludes halogenated alkanes) is 3. The van der Waals surface area contributed by atoms with E-state index in [1.54, 1.807) is 6.07 Å². The van der Waals surface area contributed by atoms with Crippen molar-refractivity contribution < 1.29 is 13.5 Å². The van der Waals surface area contributed by atoms with Crippen LogP contribution in [0.2, 0.25) is 0 Å². The zero-order valence-electron chi connectivity index (χ0n) is 12.1. The summed E-state index contributed by atoms with van der Waals surface area (Å²) in [6.07, 6.45) is 4.10. The molecule has 1 aromatic carbocycles. The topological polar surface area (TPSA) is 66.4 Å². The first-order chi connectivity index (χ1) is 10.1. The van der Waals surface area contributed by atoms with Crippen LogP contribution in [0.1, 0.15) is 37.5 Å². The summed E-state index contributed by atoms with van der Waals surface area (Å²) in [5.41, 5.74) is 0. The second-order valence-electron chi connectivity index (χ2n) is 4.97. The maximum absolute atomic E-state index is 12.5. The Hall–Kier alpha value is -0.950. The van der Waals surface area contributed by atoms with Gasteiger partial charge in [-0.25, -0.2) is 13.1 Å². The highest BCUT2D eigenvalue weighted by Crippen LogP contribution is 2.34. The first-order valence-electron chi connectivity index (χ1n) is 7.21. The lowest BCUT2D eigenvalue weighted by Crippen LogP contribution is -2.25. The molecule has 0 unspecified atom stereocenters. The van der Waals surface area contributed by atoms with Crippen LogP contribution in [0, 0.1) is 0 Å². The Kier molecular flexibility index (Phi) is 5.75. The van der Waals surface area contributed by atoms with Gasteiger partial charge in [-0.1, -0.05) is 44.4 Å². The molecule has 0 aliphatic carbocycles. The average Bonchev–Trinajstić information content (AvgIpc) is 2.86. The van der Waals surface area contributed by atoms with E-state index in [2.05, 4.69) is 11.6 Å². The monoisotopic (exact) mass is 327 g/mol. The Balaban J connectivity index is 2.23. The van der Waals surface area contributed by atoms with Crippen molar-refractivity contribution in [2.24, 2.45) is 0 Å². The Labute approximate surface area is 129 Å². The van der Waals surface area contributed by atoms with Gasteiger partial charge in [0, 0.05) is 16.6 Å². The molecule has 0 amide bonds. The number of sulfonamides is 1. The fourth-order valence-corrected chi connectivity index (χ4v) is 5.17. The molecule has 21 heavy (non-hydrogen) atoms. The minimum absolute atomic E-state index is 0.237. The molecule has 0 saturated heterocycles. The van der Waals surface area contributed by atoms with Crippen LogP contribution in [0.15, 0.2) is 29.2 Å². The third-order valence-corrected chi connectivity index (χ3v) is 6.23. The number of hydrogen-bond donors (Lipinski definition) is 2. The number of nitrogens with one attached hydrogen (secondary N) is 1. The average molecular weight is 327 g/mol. The molecule has 0 aliphatic rings. The minimum atomic E-state index is -3.57. The summed E-state index contributed by atoms with van der Waals surface area (Å²) in [5, 5.41) is 10.1. The van der Waals surface area contributed by atoms with Crippen LogP contribution in [0.4, 0.5) is 0 Å². The fourth-order valence-electron chi connectivity index (χ4n) is 2.30. The van der Waals surface area contributed by atoms with Gasteiger partial charge < -0.3 is 5.11 Å². The SMILES string of the molecule is CCCCCCNS(=O)(=O)c1c(CO)sc2ccccc12. The van der Waals surface area contributed by atoms with E-state index < -0.39 is 10.0 Å². The largest absolute Gasteiger partial charge is 0.391 e. The Morgan fingerprint density at radius 2 is 1.95 bits per heavy atom. The number of aliphatic hydroxyl groups is 1. The summed E-state index contributed by atoms with van der Waals surface area (Å²) in [5.74, 6) is 0. The van der Waals surface area contributed by atoms with E-state index in [0.717, 1.165) is 30.4 Å². The Morgan fingerprint density at radius 1 is 1.19 bits per heavy atom. The molecule has 2 rings (SSSR count). The second kappa shape index (κ2) is 7.35. The smallest absolute Gasteiger partial charge is 0.242 e. The van der Waals surface area contributed by atoms with Crippen molar-refractivity contribution in [3.63, 3.8) is 0 Å². The highest BCUT2D eigenvalue weighted by Gasteiger charge is 2.23. The van der Waals surface area contributed by atoms with Gasteiger partial charge in [0.2, 0.25) is 10.0 Å². The molecule has 2 N–H and O–H groups in total. The first kappa shape index (κ1) is 16.4. The predicted octanol–water partition coefficient (Wildman–Crippen LogP) is 3.25. The summed E-state index contributed by atoms with van der Waals surface area (Å²) in [6.45, 7) is 2.30. The molecule has 0 bridgehead atoms. The van der Waals surface area contributed by atoms with E-state index in [9.17, 15) is 13.5 Å². The van der Waals surface area contributed by atoms with Crippen LogP contribution in [-0.4, -0.2) is 20.1 Å². The van der Waals surface area contributed by atoms with Crippen LogP contribution in [0.3, 0.4) is 0 Å². The van der Waals surface area contributed by atoms with Crippen molar-refractivity contribution >= 4 is 31.4 Å². The Bertz CT molecular complexity index is 692. The third kappa shape index (κ3) is 3.83. The van der Waals surface area contributed by atoms with E-state index in [1.807, 2.05) is 18.2 Å². The number of hydrogen-bond acceptors (Lipinski definition) is 4. The maximum atomic E-state index is 12.5. The lowest BCUT2D eigenvalue weighted by Gasteiger charge is -2.07. The maximum Gasteiger partial charge on any atom is 0.242 e. The molecular weight excluding hydrogens is 306 g/mol. The highest BCUT2D eigenvalue weighted by atomic mass is 32.2. The standard InChI is InChI=1S/C15H21NO3S2/c1-2-3-4-7-10-16-21(18,19)15-12-8-5-6-9-13(12)20-14(15)11-17/h5-6,8-9,16-17H,2-4,7,10-11H2,1H3.